The molecule has 37 heavy (non-hydrogen) atoms. The number of hydrogen-bond acceptors (Lipinski definition) is 8. The van der Waals surface area contributed by atoms with E-state index in [1.165, 1.54) is 35.0 Å². The first-order valence-electron chi connectivity index (χ1n) is 11.2. The van der Waals surface area contributed by atoms with Crippen LogP contribution in [0.1, 0.15) is 28.8 Å². The molecule has 1 aromatic carbocycles. The number of anilines is 1. The second-order valence-corrected chi connectivity index (χ2v) is 8.30. The van der Waals surface area contributed by atoms with Crippen molar-refractivity contribution in [3.63, 3.8) is 0 Å². The maximum Gasteiger partial charge on any atom is 0.277 e. The molecule has 3 aromatic rings. The predicted molar refractivity (Wildman–Crippen MR) is 133 cm³/mol. The van der Waals surface area contributed by atoms with Crippen LogP contribution in [0.15, 0.2) is 42.9 Å². The van der Waals surface area contributed by atoms with E-state index < -0.39 is 5.91 Å². The van der Waals surface area contributed by atoms with Crippen LogP contribution in [0.25, 0.3) is 10.9 Å². The summed E-state index contributed by atoms with van der Waals surface area (Å²) in [6.07, 6.45) is 10.3. The number of fused-ring (bicyclic) bond motifs is 1. The van der Waals surface area contributed by atoms with Gasteiger partial charge in [0.25, 0.3) is 5.91 Å². The van der Waals surface area contributed by atoms with Gasteiger partial charge in [-0.2, -0.15) is 5.26 Å². The second kappa shape index (κ2) is 16.0. The summed E-state index contributed by atoms with van der Waals surface area (Å²) in [4.78, 5) is 30.8. The molecule has 1 saturated heterocycles. The van der Waals surface area contributed by atoms with E-state index in [0.717, 1.165) is 51.6 Å². The number of piperidine rings is 1. The first-order chi connectivity index (χ1) is 17.0. The molecule has 0 atom stereocenters. The standard InChI is InChI=1S/C22H28N6O2.C2HFO2.2FH/c1-27(9-8-17-12-23-20-5-3-2-4-19(17)20)15-16-6-10-28(11-7-16)22-24-13-18(14-25-22)21(29)26-30;3-1-2-5-4;;/h2-5,12-14,16,23,30H,6-11,15H2,1H3,(H,26,29);4H;2*1H. The van der Waals surface area contributed by atoms with E-state index in [2.05, 4.69) is 67.1 Å². The van der Waals surface area contributed by atoms with E-state index >= 15 is 0 Å². The molecule has 0 saturated carbocycles. The Bertz CT molecular complexity index is 1140. The van der Waals surface area contributed by atoms with Crippen molar-refractivity contribution in [2.75, 3.05) is 38.1 Å². The van der Waals surface area contributed by atoms with Crippen molar-refractivity contribution in [3.05, 3.63) is 54.0 Å². The third kappa shape index (κ3) is 8.94. The van der Waals surface area contributed by atoms with Crippen LogP contribution in [0.3, 0.4) is 0 Å². The van der Waals surface area contributed by atoms with Crippen molar-refractivity contribution in [2.45, 2.75) is 19.3 Å². The van der Waals surface area contributed by atoms with Gasteiger partial charge in [-0.3, -0.25) is 24.3 Å². The number of hydrogen-bond donors (Lipinski definition) is 4. The number of rotatable bonds is 7. The molecule has 0 unspecified atom stereocenters. The Balaban J connectivity index is 0.000000895. The Labute approximate surface area is 212 Å². The van der Waals surface area contributed by atoms with Crippen LogP contribution >= 0.6 is 0 Å². The number of nitrogens with one attached hydrogen (secondary N) is 2. The van der Waals surface area contributed by atoms with Crippen molar-refractivity contribution in [1.29, 1.82) is 0 Å². The van der Waals surface area contributed by atoms with Crippen LogP contribution in [-0.2, 0) is 11.3 Å². The van der Waals surface area contributed by atoms with E-state index in [4.69, 9.17) is 10.5 Å². The second-order valence-electron chi connectivity index (χ2n) is 8.30. The molecule has 1 aliphatic heterocycles. The van der Waals surface area contributed by atoms with Gasteiger partial charge in [-0.05, 0) is 43.9 Å². The summed E-state index contributed by atoms with van der Waals surface area (Å²) in [5.74, 6) is 0.695. The molecule has 1 aliphatic rings. The van der Waals surface area contributed by atoms with Crippen molar-refractivity contribution in [1.82, 2.24) is 25.3 Å². The highest BCUT2D eigenvalue weighted by atomic mass is 19.1. The summed E-state index contributed by atoms with van der Waals surface area (Å²) in [5, 5.41) is 17.1. The molecule has 1 fully saturated rings. The molecule has 4 N–H and O–H groups in total. The molecule has 1 amide bonds. The fraction of sp³-hybridized carbons (Fsp3) is 0.375. The molecule has 2 aromatic heterocycles. The van der Waals surface area contributed by atoms with Crippen molar-refractivity contribution >= 4 is 22.8 Å². The van der Waals surface area contributed by atoms with Gasteiger partial charge in [-0.15, -0.1) is 4.39 Å². The minimum absolute atomic E-state index is 0. The van der Waals surface area contributed by atoms with Gasteiger partial charge in [0.2, 0.25) is 5.95 Å². The summed E-state index contributed by atoms with van der Waals surface area (Å²) in [6.45, 7) is 3.95. The van der Waals surface area contributed by atoms with E-state index in [9.17, 15) is 9.18 Å². The smallest absolute Gasteiger partial charge is 0.277 e. The van der Waals surface area contributed by atoms with E-state index in [1.807, 2.05) is 0 Å². The maximum absolute atomic E-state index is 11.4. The summed E-state index contributed by atoms with van der Waals surface area (Å²) in [5.41, 5.74) is 4.42. The number of halogens is 3. The van der Waals surface area contributed by atoms with Crippen LogP contribution in [-0.4, -0.2) is 69.5 Å². The molecule has 0 spiro atoms. The van der Waals surface area contributed by atoms with Crippen molar-refractivity contribution < 1.29 is 33.9 Å². The Morgan fingerprint density at radius 2 is 1.95 bits per heavy atom. The Kier molecular flexibility index (Phi) is 13.5. The van der Waals surface area contributed by atoms with E-state index in [0.29, 0.717) is 11.9 Å². The zero-order valence-electron chi connectivity index (χ0n) is 20.3. The molecular formula is C24H31F3N6O4. The molecule has 202 valence electrons. The van der Waals surface area contributed by atoms with Crippen LogP contribution in [0.2, 0.25) is 0 Å². The van der Waals surface area contributed by atoms with Crippen molar-refractivity contribution in [2.24, 2.45) is 5.92 Å². The highest BCUT2D eigenvalue weighted by molar-refractivity contribution is 5.92. The maximum atomic E-state index is 11.4. The predicted octanol–water partition coefficient (Wildman–Crippen LogP) is 3.14. The third-order valence-corrected chi connectivity index (χ3v) is 5.99. The normalized spacial score (nSPS) is 12.8. The van der Waals surface area contributed by atoms with Crippen LogP contribution in [0.4, 0.5) is 19.7 Å². The van der Waals surface area contributed by atoms with E-state index in [1.54, 1.807) is 5.48 Å². The summed E-state index contributed by atoms with van der Waals surface area (Å²) >= 11 is 0. The lowest BCUT2D eigenvalue weighted by Crippen LogP contribution is -2.39. The number of likely N-dealkylation sites (N-methyl/N-ethyl adjacent to an activating group) is 1. The lowest BCUT2D eigenvalue weighted by molar-refractivity contribution is -0.172. The number of aromatic amines is 1. The number of para-hydroxylation sites is 1. The average molecular weight is 525 g/mol. The zero-order valence-corrected chi connectivity index (χ0v) is 20.3. The van der Waals surface area contributed by atoms with Gasteiger partial charge >= 0.3 is 0 Å². The summed E-state index contributed by atoms with van der Waals surface area (Å²) < 4.78 is 10.3. The van der Waals surface area contributed by atoms with Crippen LogP contribution in [0, 0.1) is 18.2 Å². The van der Waals surface area contributed by atoms with Gasteiger partial charge in [0.1, 0.15) is 0 Å². The number of H-pyrrole nitrogens is 1. The number of nitrogens with zero attached hydrogens (tertiary/aromatic N) is 4. The van der Waals surface area contributed by atoms with Crippen LogP contribution < -0.4 is 10.4 Å². The number of carbonyl (C=O) groups is 1. The highest BCUT2D eigenvalue weighted by Crippen LogP contribution is 2.22. The van der Waals surface area contributed by atoms with Gasteiger partial charge in [0, 0.05) is 55.7 Å². The fourth-order valence-corrected chi connectivity index (χ4v) is 4.18. The van der Waals surface area contributed by atoms with Crippen LogP contribution in [0.5, 0.6) is 0 Å². The van der Waals surface area contributed by atoms with Gasteiger partial charge < -0.3 is 14.8 Å². The molecule has 0 aliphatic carbocycles. The number of aromatic nitrogens is 3. The first-order valence-corrected chi connectivity index (χ1v) is 11.2. The molecule has 10 nitrogen and oxygen atoms in total. The topological polar surface area (TPSA) is 127 Å². The first kappa shape index (κ1) is 31.2. The zero-order chi connectivity index (χ0) is 25.0. The molecule has 0 bridgehead atoms. The highest BCUT2D eigenvalue weighted by Gasteiger charge is 2.22. The lowest BCUT2D eigenvalue weighted by atomic mass is 9.96. The number of amides is 1. The summed E-state index contributed by atoms with van der Waals surface area (Å²) in [7, 11) is 2.20. The number of carbonyl (C=O) groups excluding carboxylic acids is 1. The molecule has 4 rings (SSSR count). The fourth-order valence-electron chi connectivity index (χ4n) is 4.18. The molecular weight excluding hydrogens is 493 g/mol. The lowest BCUT2D eigenvalue weighted by Gasteiger charge is -2.34. The third-order valence-electron chi connectivity index (χ3n) is 5.99. The minimum atomic E-state index is -0.601. The summed E-state index contributed by atoms with van der Waals surface area (Å²) in [6, 6.07) is 8.46. The minimum Gasteiger partial charge on any atom is -0.361 e. The number of hydroxylamine groups is 1. The van der Waals surface area contributed by atoms with Gasteiger partial charge in [-0.25, -0.2) is 15.4 Å². The quantitative estimate of drug-likeness (QED) is 0.161. The Morgan fingerprint density at radius 1 is 1.27 bits per heavy atom. The monoisotopic (exact) mass is 524 g/mol. The molecule has 0 radical (unpaired) electrons. The molecule has 13 heteroatoms. The molecule has 3 heterocycles. The van der Waals surface area contributed by atoms with Gasteiger partial charge in [0.15, 0.2) is 12.3 Å². The van der Waals surface area contributed by atoms with Gasteiger partial charge in [0.05, 0.1) is 5.56 Å². The number of benzene rings is 1. The Morgan fingerprint density at radius 3 is 2.54 bits per heavy atom. The van der Waals surface area contributed by atoms with Gasteiger partial charge in [-0.1, -0.05) is 18.2 Å². The largest absolute Gasteiger partial charge is 0.361 e. The van der Waals surface area contributed by atoms with Crippen molar-refractivity contribution in [3.8, 4) is 12.3 Å². The average Bonchev–Trinajstić information content (AvgIpc) is 3.31. The SMILES string of the molecule is CN(CCc1c[nH]c2ccccc12)CC1CCN(c2ncc(C(=O)NO)cn2)CC1.F.F.OOC#CF. The van der Waals surface area contributed by atoms with E-state index in [-0.39, 0.29) is 15.0 Å². The Hall–Kier alpha value is -3.86.